The van der Waals surface area contributed by atoms with Crippen LogP contribution in [0.1, 0.15) is 20.3 Å². The molecule has 1 aromatic carbocycles. The molecule has 0 radical (unpaired) electrons. The maximum Gasteiger partial charge on any atom is 0.317 e. The third-order valence-electron chi connectivity index (χ3n) is 3.91. The molecule has 3 amide bonds. The van der Waals surface area contributed by atoms with Gasteiger partial charge in [0.15, 0.2) is 0 Å². The van der Waals surface area contributed by atoms with Crippen molar-refractivity contribution in [1.82, 2.24) is 20.4 Å². The van der Waals surface area contributed by atoms with Crippen LogP contribution in [0.15, 0.2) is 24.3 Å². The molecule has 0 aliphatic rings. The summed E-state index contributed by atoms with van der Waals surface area (Å²) in [5, 5.41) is 15.2. The Labute approximate surface area is 161 Å². The highest BCUT2D eigenvalue weighted by Gasteiger charge is 2.27. The summed E-state index contributed by atoms with van der Waals surface area (Å²) in [7, 11) is 3.26. The second-order valence-corrected chi connectivity index (χ2v) is 7.53. The van der Waals surface area contributed by atoms with Crippen LogP contribution < -0.4 is 10.6 Å². The molecule has 140 valence electrons. The largest absolute Gasteiger partial charge is 0.331 e. The average molecular weight is 396 g/mol. The molecule has 9 heteroatoms. The van der Waals surface area contributed by atoms with Crippen molar-refractivity contribution >= 4 is 40.0 Å². The number of carbonyl (C=O) groups excluding carboxylic acids is 2. The van der Waals surface area contributed by atoms with Crippen molar-refractivity contribution in [2.24, 2.45) is 5.92 Å². The van der Waals surface area contributed by atoms with Gasteiger partial charge in [-0.3, -0.25) is 10.1 Å². The number of nitrogens with zero attached hydrogens (tertiary/aromatic N) is 3. The SMILES string of the molecule is CC[C@@H](C)[C@H](NC(=O)N(C)C)C(=O)Nc1nnc(-c2cccc(Cl)c2)s1. The topological polar surface area (TPSA) is 87.2 Å². The number of nitrogens with one attached hydrogen (secondary N) is 2. The molecule has 2 atom stereocenters. The van der Waals surface area contributed by atoms with E-state index in [1.54, 1.807) is 26.2 Å². The van der Waals surface area contributed by atoms with Crippen molar-refractivity contribution in [1.29, 1.82) is 0 Å². The lowest BCUT2D eigenvalue weighted by atomic mass is 9.98. The summed E-state index contributed by atoms with van der Waals surface area (Å²) in [6.45, 7) is 3.88. The number of hydrogen-bond acceptors (Lipinski definition) is 5. The van der Waals surface area contributed by atoms with Crippen molar-refractivity contribution in [2.45, 2.75) is 26.3 Å². The van der Waals surface area contributed by atoms with E-state index in [-0.39, 0.29) is 17.9 Å². The first kappa shape index (κ1) is 20.1. The Morgan fingerprint density at radius 3 is 2.65 bits per heavy atom. The van der Waals surface area contributed by atoms with Crippen molar-refractivity contribution in [3.8, 4) is 10.6 Å². The van der Waals surface area contributed by atoms with Crippen LogP contribution in [-0.4, -0.2) is 47.2 Å². The maximum absolute atomic E-state index is 12.6. The van der Waals surface area contributed by atoms with Crippen LogP contribution >= 0.6 is 22.9 Å². The molecule has 0 unspecified atom stereocenters. The Hall–Kier alpha value is -2.19. The van der Waals surface area contributed by atoms with Crippen LogP contribution in [0.4, 0.5) is 9.93 Å². The number of urea groups is 1. The molecule has 1 aromatic heterocycles. The van der Waals surface area contributed by atoms with Crippen molar-refractivity contribution in [3.05, 3.63) is 29.3 Å². The van der Waals surface area contributed by atoms with E-state index in [1.807, 2.05) is 26.0 Å². The van der Waals surface area contributed by atoms with E-state index in [0.717, 1.165) is 12.0 Å². The molecular weight excluding hydrogens is 374 g/mol. The maximum atomic E-state index is 12.6. The average Bonchev–Trinajstić information content (AvgIpc) is 3.07. The second-order valence-electron chi connectivity index (χ2n) is 6.12. The molecule has 26 heavy (non-hydrogen) atoms. The van der Waals surface area contributed by atoms with Gasteiger partial charge in [-0.1, -0.05) is 55.3 Å². The molecule has 2 rings (SSSR count). The first-order chi connectivity index (χ1) is 12.3. The van der Waals surface area contributed by atoms with Crippen LogP contribution in [0.3, 0.4) is 0 Å². The molecule has 0 bridgehead atoms. The second kappa shape index (κ2) is 8.95. The van der Waals surface area contributed by atoms with Crippen LogP contribution in [-0.2, 0) is 4.79 Å². The highest BCUT2D eigenvalue weighted by molar-refractivity contribution is 7.18. The normalized spacial score (nSPS) is 13.0. The van der Waals surface area contributed by atoms with Crippen LogP contribution in [0.25, 0.3) is 10.6 Å². The molecule has 2 aromatic rings. The van der Waals surface area contributed by atoms with Gasteiger partial charge in [-0.2, -0.15) is 0 Å². The minimum atomic E-state index is -0.659. The van der Waals surface area contributed by atoms with E-state index >= 15 is 0 Å². The van der Waals surface area contributed by atoms with Gasteiger partial charge in [0, 0.05) is 24.7 Å². The molecule has 0 fully saturated rings. The fourth-order valence-electron chi connectivity index (χ4n) is 2.16. The number of benzene rings is 1. The molecule has 0 saturated heterocycles. The number of anilines is 1. The first-order valence-corrected chi connectivity index (χ1v) is 9.39. The number of amides is 3. The van der Waals surface area contributed by atoms with E-state index in [4.69, 9.17) is 11.6 Å². The van der Waals surface area contributed by atoms with Gasteiger partial charge in [0.05, 0.1) is 0 Å². The molecule has 0 saturated carbocycles. The van der Waals surface area contributed by atoms with Crippen molar-refractivity contribution in [3.63, 3.8) is 0 Å². The standard InChI is InChI=1S/C17H22ClN5O2S/c1-5-10(2)13(19-17(25)23(3)4)14(24)20-16-22-21-15(26-16)11-7-6-8-12(18)9-11/h6-10,13H,5H2,1-4H3,(H,19,25)(H,20,22,24)/t10-,13+/m1/s1. The lowest BCUT2D eigenvalue weighted by Crippen LogP contribution is -2.50. The number of hydrogen-bond donors (Lipinski definition) is 2. The van der Waals surface area contributed by atoms with Gasteiger partial charge in [0.25, 0.3) is 0 Å². The highest BCUT2D eigenvalue weighted by Crippen LogP contribution is 2.28. The van der Waals surface area contributed by atoms with Gasteiger partial charge >= 0.3 is 6.03 Å². The number of aromatic nitrogens is 2. The summed E-state index contributed by atoms with van der Waals surface area (Å²) in [4.78, 5) is 26.0. The summed E-state index contributed by atoms with van der Waals surface area (Å²) < 4.78 is 0. The lowest BCUT2D eigenvalue weighted by molar-refractivity contribution is -0.119. The summed E-state index contributed by atoms with van der Waals surface area (Å²) in [5.74, 6) is -0.345. The third kappa shape index (κ3) is 5.15. The van der Waals surface area contributed by atoms with E-state index < -0.39 is 6.04 Å². The van der Waals surface area contributed by atoms with E-state index in [1.165, 1.54) is 16.2 Å². The van der Waals surface area contributed by atoms with E-state index in [2.05, 4.69) is 20.8 Å². The molecule has 0 spiro atoms. The van der Waals surface area contributed by atoms with E-state index in [9.17, 15) is 9.59 Å². The highest BCUT2D eigenvalue weighted by atomic mass is 35.5. The molecule has 2 N–H and O–H groups in total. The predicted octanol–water partition coefficient (Wildman–Crippen LogP) is 3.48. The van der Waals surface area contributed by atoms with Gasteiger partial charge < -0.3 is 10.2 Å². The van der Waals surface area contributed by atoms with Gasteiger partial charge in [0.1, 0.15) is 11.0 Å². The fraction of sp³-hybridized carbons (Fsp3) is 0.412. The zero-order valence-electron chi connectivity index (χ0n) is 15.1. The number of halogens is 1. The minimum absolute atomic E-state index is 0.0285. The monoisotopic (exact) mass is 395 g/mol. The minimum Gasteiger partial charge on any atom is -0.331 e. The smallest absolute Gasteiger partial charge is 0.317 e. The Bertz CT molecular complexity index is 780. The zero-order valence-corrected chi connectivity index (χ0v) is 16.7. The molecule has 0 aliphatic heterocycles. The van der Waals surface area contributed by atoms with Crippen LogP contribution in [0.2, 0.25) is 5.02 Å². The zero-order chi connectivity index (χ0) is 19.3. The van der Waals surface area contributed by atoms with Crippen molar-refractivity contribution < 1.29 is 9.59 Å². The van der Waals surface area contributed by atoms with Gasteiger partial charge in [0.2, 0.25) is 11.0 Å². The Balaban J connectivity index is 2.12. The molecule has 1 heterocycles. The summed E-state index contributed by atoms with van der Waals surface area (Å²) in [5.41, 5.74) is 0.829. The van der Waals surface area contributed by atoms with Gasteiger partial charge in [-0.05, 0) is 18.1 Å². The van der Waals surface area contributed by atoms with Gasteiger partial charge in [-0.15, -0.1) is 10.2 Å². The summed E-state index contributed by atoms with van der Waals surface area (Å²) in [6, 6.07) is 6.28. The van der Waals surface area contributed by atoms with Crippen LogP contribution in [0, 0.1) is 5.92 Å². The molecular formula is C17H22ClN5O2S. The van der Waals surface area contributed by atoms with Crippen molar-refractivity contribution in [2.75, 3.05) is 19.4 Å². The molecule has 0 aliphatic carbocycles. The van der Waals surface area contributed by atoms with Crippen LogP contribution in [0.5, 0.6) is 0 Å². The summed E-state index contributed by atoms with van der Waals surface area (Å²) >= 11 is 7.24. The quantitative estimate of drug-likeness (QED) is 0.783. The third-order valence-corrected chi connectivity index (χ3v) is 5.03. The van der Waals surface area contributed by atoms with E-state index in [0.29, 0.717) is 15.2 Å². The Morgan fingerprint density at radius 2 is 2.04 bits per heavy atom. The Kier molecular flexibility index (Phi) is 6.93. The van der Waals surface area contributed by atoms with Gasteiger partial charge in [-0.25, -0.2) is 4.79 Å². The lowest BCUT2D eigenvalue weighted by Gasteiger charge is -2.24. The Morgan fingerprint density at radius 1 is 1.31 bits per heavy atom. The number of carbonyl (C=O) groups is 2. The number of rotatable bonds is 6. The predicted molar refractivity (Wildman–Crippen MR) is 104 cm³/mol. The summed E-state index contributed by atoms with van der Waals surface area (Å²) in [6.07, 6.45) is 0.746. The fourth-order valence-corrected chi connectivity index (χ4v) is 3.09. The molecule has 7 nitrogen and oxygen atoms in total. The first-order valence-electron chi connectivity index (χ1n) is 8.20.